The van der Waals surface area contributed by atoms with Crippen LogP contribution in [0.5, 0.6) is 23.0 Å². The lowest BCUT2D eigenvalue weighted by Gasteiger charge is -2.09. The Morgan fingerprint density at radius 3 is 2.48 bits per heavy atom. The minimum Gasteiger partial charge on any atom is -0.493 e. The normalized spacial score (nSPS) is 12.7. The second-order valence-electron chi connectivity index (χ2n) is 5.28. The van der Waals surface area contributed by atoms with Crippen molar-refractivity contribution in [3.05, 3.63) is 47.5 Å². The molecule has 1 aliphatic rings. The van der Waals surface area contributed by atoms with Crippen molar-refractivity contribution >= 4 is 11.6 Å². The molecule has 0 saturated heterocycles. The van der Waals surface area contributed by atoms with Gasteiger partial charge in [-0.05, 0) is 43.3 Å². The molecule has 0 aromatic heterocycles. The third-order valence-corrected chi connectivity index (χ3v) is 3.76. The highest BCUT2D eigenvalue weighted by atomic mass is 16.7. The van der Waals surface area contributed by atoms with Crippen LogP contribution in [-0.2, 0) is 0 Å². The Balaban J connectivity index is 1.73. The molecule has 1 heterocycles. The summed E-state index contributed by atoms with van der Waals surface area (Å²) in [6, 6.07) is 10.4. The van der Waals surface area contributed by atoms with Crippen LogP contribution in [0, 0.1) is 0 Å². The monoisotopic (exact) mass is 342 g/mol. The molecule has 3 rings (SSSR count). The molecule has 1 amide bonds. The molecule has 0 aliphatic carbocycles. The highest BCUT2D eigenvalue weighted by Crippen LogP contribution is 2.32. The molecule has 0 bridgehead atoms. The largest absolute Gasteiger partial charge is 0.493 e. The third-order valence-electron chi connectivity index (χ3n) is 3.76. The van der Waals surface area contributed by atoms with Crippen molar-refractivity contribution in [1.82, 2.24) is 5.43 Å². The third kappa shape index (κ3) is 3.50. The van der Waals surface area contributed by atoms with Crippen LogP contribution in [0.4, 0.5) is 0 Å². The number of nitrogens with one attached hydrogen (secondary N) is 1. The van der Waals surface area contributed by atoms with Crippen LogP contribution in [0.15, 0.2) is 41.5 Å². The molecule has 2 aromatic carbocycles. The van der Waals surface area contributed by atoms with Gasteiger partial charge in [0.1, 0.15) is 0 Å². The van der Waals surface area contributed by atoms with Crippen molar-refractivity contribution < 1.29 is 23.7 Å². The van der Waals surface area contributed by atoms with E-state index in [-0.39, 0.29) is 12.7 Å². The van der Waals surface area contributed by atoms with E-state index >= 15 is 0 Å². The molecule has 7 nitrogen and oxygen atoms in total. The summed E-state index contributed by atoms with van der Waals surface area (Å²) in [6.07, 6.45) is 0. The van der Waals surface area contributed by atoms with Gasteiger partial charge >= 0.3 is 0 Å². The first-order valence-electron chi connectivity index (χ1n) is 7.59. The van der Waals surface area contributed by atoms with E-state index in [0.29, 0.717) is 34.3 Å². The maximum Gasteiger partial charge on any atom is 0.271 e. The Morgan fingerprint density at radius 2 is 1.72 bits per heavy atom. The van der Waals surface area contributed by atoms with Crippen LogP contribution >= 0.6 is 0 Å². The number of carbonyl (C=O) groups excluding carboxylic acids is 1. The lowest BCUT2D eigenvalue weighted by molar-refractivity contribution is 0.0954. The van der Waals surface area contributed by atoms with Crippen LogP contribution in [0.25, 0.3) is 0 Å². The zero-order valence-electron chi connectivity index (χ0n) is 14.2. The van der Waals surface area contributed by atoms with Gasteiger partial charge in [-0.25, -0.2) is 5.43 Å². The molecule has 130 valence electrons. The average molecular weight is 342 g/mol. The molecule has 0 fully saturated rings. The molecule has 1 N–H and O–H groups in total. The van der Waals surface area contributed by atoms with Gasteiger partial charge in [0.25, 0.3) is 5.91 Å². The summed E-state index contributed by atoms with van der Waals surface area (Å²) in [4.78, 5) is 12.3. The molecule has 0 unspecified atom stereocenters. The van der Waals surface area contributed by atoms with E-state index in [1.165, 1.54) is 14.2 Å². The van der Waals surface area contributed by atoms with Gasteiger partial charge in [0, 0.05) is 11.1 Å². The molecule has 0 spiro atoms. The standard InChI is InChI=1S/C18H18N2O5/c1-11(12-4-7-15-17(8-12)25-10-24-15)19-20-18(21)13-5-6-14(22-2)16(9-13)23-3/h4-9H,10H2,1-3H3,(H,20,21). The number of hydrazone groups is 1. The second-order valence-corrected chi connectivity index (χ2v) is 5.28. The first-order chi connectivity index (χ1) is 12.1. The molecular formula is C18H18N2O5. The van der Waals surface area contributed by atoms with Crippen molar-refractivity contribution in [2.75, 3.05) is 21.0 Å². The van der Waals surface area contributed by atoms with E-state index in [1.54, 1.807) is 25.1 Å². The van der Waals surface area contributed by atoms with Crippen LogP contribution in [-0.4, -0.2) is 32.6 Å². The predicted octanol–water partition coefficient (Wildman–Crippen LogP) is 2.59. The quantitative estimate of drug-likeness (QED) is 0.667. The van der Waals surface area contributed by atoms with E-state index in [4.69, 9.17) is 18.9 Å². The van der Waals surface area contributed by atoms with Gasteiger partial charge in [-0.3, -0.25) is 4.79 Å². The minimum atomic E-state index is -0.346. The number of hydrogen-bond acceptors (Lipinski definition) is 6. The molecule has 7 heteroatoms. The molecule has 1 aliphatic heterocycles. The van der Waals surface area contributed by atoms with Gasteiger partial charge in [0.15, 0.2) is 23.0 Å². The van der Waals surface area contributed by atoms with E-state index in [2.05, 4.69) is 10.5 Å². The van der Waals surface area contributed by atoms with Crippen LogP contribution < -0.4 is 24.4 Å². The Bertz CT molecular complexity index is 832. The number of carbonyl (C=O) groups is 1. The fourth-order valence-electron chi connectivity index (χ4n) is 2.36. The predicted molar refractivity (Wildman–Crippen MR) is 91.8 cm³/mol. The average Bonchev–Trinajstić information content (AvgIpc) is 3.12. The van der Waals surface area contributed by atoms with Crippen molar-refractivity contribution in [1.29, 1.82) is 0 Å². The highest BCUT2D eigenvalue weighted by Gasteiger charge is 2.14. The van der Waals surface area contributed by atoms with Crippen LogP contribution in [0.1, 0.15) is 22.8 Å². The molecule has 25 heavy (non-hydrogen) atoms. The maximum atomic E-state index is 12.3. The first kappa shape index (κ1) is 16.6. The Labute approximate surface area is 145 Å². The van der Waals surface area contributed by atoms with Gasteiger partial charge < -0.3 is 18.9 Å². The van der Waals surface area contributed by atoms with Crippen molar-refractivity contribution in [3.8, 4) is 23.0 Å². The van der Waals surface area contributed by atoms with E-state index < -0.39 is 0 Å². The lowest BCUT2D eigenvalue weighted by atomic mass is 10.1. The van der Waals surface area contributed by atoms with Crippen LogP contribution in [0.3, 0.4) is 0 Å². The Kier molecular flexibility index (Phi) is 4.74. The summed E-state index contributed by atoms with van der Waals surface area (Å²) in [6.45, 7) is 2.01. The molecule has 0 saturated carbocycles. The summed E-state index contributed by atoms with van der Waals surface area (Å²) < 4.78 is 21.0. The lowest BCUT2D eigenvalue weighted by Crippen LogP contribution is -2.19. The SMILES string of the molecule is COc1ccc(C(=O)NN=C(C)c2ccc3c(c2)OCO3)cc1OC. The van der Waals surface area contributed by atoms with Crippen molar-refractivity contribution in [2.24, 2.45) is 5.10 Å². The van der Waals surface area contributed by atoms with Gasteiger partial charge in [0.2, 0.25) is 6.79 Å². The summed E-state index contributed by atoms with van der Waals surface area (Å²) in [5.41, 5.74) is 4.43. The first-order valence-corrected chi connectivity index (χ1v) is 7.59. The fraction of sp³-hybridized carbons (Fsp3) is 0.222. The number of hydrogen-bond donors (Lipinski definition) is 1. The Hall–Kier alpha value is -3.22. The Morgan fingerprint density at radius 1 is 1.00 bits per heavy atom. The number of fused-ring (bicyclic) bond motifs is 1. The number of methoxy groups -OCH3 is 2. The molecule has 2 aromatic rings. The zero-order chi connectivity index (χ0) is 17.8. The van der Waals surface area contributed by atoms with E-state index in [1.807, 2.05) is 18.2 Å². The van der Waals surface area contributed by atoms with Gasteiger partial charge in [-0.15, -0.1) is 0 Å². The number of ether oxygens (including phenoxy) is 4. The van der Waals surface area contributed by atoms with Gasteiger partial charge in [-0.2, -0.15) is 5.10 Å². The van der Waals surface area contributed by atoms with Crippen molar-refractivity contribution in [2.45, 2.75) is 6.92 Å². The summed E-state index contributed by atoms with van der Waals surface area (Å²) in [5, 5.41) is 4.14. The minimum absolute atomic E-state index is 0.213. The highest BCUT2D eigenvalue weighted by molar-refractivity contribution is 6.01. The summed E-state index contributed by atoms with van der Waals surface area (Å²) in [7, 11) is 3.05. The zero-order valence-corrected chi connectivity index (χ0v) is 14.2. The van der Waals surface area contributed by atoms with Crippen LogP contribution in [0.2, 0.25) is 0 Å². The molecule has 0 atom stereocenters. The smallest absolute Gasteiger partial charge is 0.271 e. The van der Waals surface area contributed by atoms with E-state index in [0.717, 1.165) is 5.56 Å². The number of benzene rings is 2. The van der Waals surface area contributed by atoms with Crippen molar-refractivity contribution in [3.63, 3.8) is 0 Å². The molecule has 0 radical (unpaired) electrons. The maximum absolute atomic E-state index is 12.3. The number of nitrogens with zero attached hydrogens (tertiary/aromatic N) is 1. The summed E-state index contributed by atoms with van der Waals surface area (Å²) in [5.74, 6) is 2.05. The second kappa shape index (κ2) is 7.12. The van der Waals surface area contributed by atoms with E-state index in [9.17, 15) is 4.79 Å². The molecular weight excluding hydrogens is 324 g/mol. The number of amides is 1. The van der Waals surface area contributed by atoms with Gasteiger partial charge in [-0.1, -0.05) is 0 Å². The fourth-order valence-corrected chi connectivity index (χ4v) is 2.36. The topological polar surface area (TPSA) is 78.4 Å². The number of rotatable bonds is 5. The van der Waals surface area contributed by atoms with Gasteiger partial charge in [0.05, 0.1) is 19.9 Å². The summed E-state index contributed by atoms with van der Waals surface area (Å²) >= 11 is 0.